The number of aliphatic imine (C=N–C) groups is 1. The van der Waals surface area contributed by atoms with Gasteiger partial charge in [-0.2, -0.15) is 0 Å². The van der Waals surface area contributed by atoms with E-state index in [1.54, 1.807) is 31.3 Å². The van der Waals surface area contributed by atoms with E-state index in [0.29, 0.717) is 17.0 Å². The minimum atomic E-state index is -0.948. The zero-order chi connectivity index (χ0) is 16.4. The summed E-state index contributed by atoms with van der Waals surface area (Å²) in [6.45, 7) is 3.76. The van der Waals surface area contributed by atoms with Crippen molar-refractivity contribution < 1.29 is 14.3 Å². The molecule has 1 aromatic carbocycles. The lowest BCUT2D eigenvalue weighted by atomic mass is 10.1. The number of furan rings is 1. The van der Waals surface area contributed by atoms with Gasteiger partial charge < -0.3 is 14.4 Å². The quantitative estimate of drug-likeness (QED) is 0.803. The molecule has 0 amide bonds. The van der Waals surface area contributed by atoms with Gasteiger partial charge in [0.2, 0.25) is 5.88 Å². The van der Waals surface area contributed by atoms with Gasteiger partial charge in [0.15, 0.2) is 0 Å². The molecule has 6 heteroatoms. The fourth-order valence-corrected chi connectivity index (χ4v) is 3.26. The summed E-state index contributed by atoms with van der Waals surface area (Å²) < 4.78 is 6.76. The molecule has 0 saturated carbocycles. The molecule has 2 heterocycles. The van der Waals surface area contributed by atoms with E-state index in [-0.39, 0.29) is 5.56 Å². The van der Waals surface area contributed by atoms with Gasteiger partial charge in [-0.05, 0) is 53.4 Å². The van der Waals surface area contributed by atoms with E-state index in [4.69, 9.17) is 9.52 Å². The summed E-state index contributed by atoms with van der Waals surface area (Å²) in [4.78, 5) is 17.7. The summed E-state index contributed by atoms with van der Waals surface area (Å²) in [5, 5.41) is 9.15. The Labute approximate surface area is 142 Å². The van der Waals surface area contributed by atoms with Crippen LogP contribution in [-0.4, -0.2) is 30.4 Å². The highest BCUT2D eigenvalue weighted by atomic mass is 79.9. The van der Waals surface area contributed by atoms with E-state index < -0.39 is 5.97 Å². The van der Waals surface area contributed by atoms with Crippen molar-refractivity contribution >= 4 is 39.7 Å². The molecule has 0 bridgehead atoms. The maximum Gasteiger partial charge on any atom is 0.336 e. The zero-order valence-electron chi connectivity index (χ0n) is 12.8. The number of aromatic carboxylic acids is 1. The van der Waals surface area contributed by atoms with Crippen LogP contribution < -0.4 is 4.90 Å². The molecule has 0 atom stereocenters. The molecule has 2 aromatic rings. The van der Waals surface area contributed by atoms with Crippen LogP contribution in [0.3, 0.4) is 0 Å². The molecule has 1 aliphatic rings. The van der Waals surface area contributed by atoms with Crippen molar-refractivity contribution in [3.8, 4) is 0 Å². The molecule has 0 aliphatic carbocycles. The standard InChI is InChI=1S/C17H17BrN2O3/c1-11-13(17(21)22)5-4-6-15(11)19-10-12-9-14(18)16(23-12)20-7-2-3-8-20/h4-6,9-10H,2-3,7-8H2,1H3,(H,21,22). The van der Waals surface area contributed by atoms with Crippen molar-refractivity contribution in [2.75, 3.05) is 18.0 Å². The zero-order valence-corrected chi connectivity index (χ0v) is 14.3. The number of carbonyl (C=O) groups is 1. The van der Waals surface area contributed by atoms with Crippen LogP contribution in [0.25, 0.3) is 0 Å². The maximum absolute atomic E-state index is 11.2. The van der Waals surface area contributed by atoms with Gasteiger partial charge in [0.1, 0.15) is 5.76 Å². The van der Waals surface area contributed by atoms with Gasteiger partial charge in [0.25, 0.3) is 0 Å². The highest BCUT2D eigenvalue weighted by molar-refractivity contribution is 9.10. The van der Waals surface area contributed by atoms with E-state index in [0.717, 1.165) is 23.4 Å². The molecule has 0 unspecified atom stereocenters. The molecule has 1 fully saturated rings. The van der Waals surface area contributed by atoms with Crippen molar-refractivity contribution in [1.29, 1.82) is 0 Å². The molecule has 23 heavy (non-hydrogen) atoms. The van der Waals surface area contributed by atoms with Crippen molar-refractivity contribution in [2.45, 2.75) is 19.8 Å². The normalized spacial score (nSPS) is 14.8. The van der Waals surface area contributed by atoms with Crippen LogP contribution in [0.4, 0.5) is 11.6 Å². The SMILES string of the molecule is Cc1c(N=Cc2cc(Br)c(N3CCCC3)o2)cccc1C(=O)O. The lowest BCUT2D eigenvalue weighted by Gasteiger charge is -2.13. The first-order chi connectivity index (χ1) is 11.1. The number of hydrogen-bond acceptors (Lipinski definition) is 4. The fraction of sp³-hybridized carbons (Fsp3) is 0.294. The number of nitrogens with zero attached hydrogens (tertiary/aromatic N) is 2. The number of carboxylic acid groups (broad SMARTS) is 1. The third-order valence-electron chi connectivity index (χ3n) is 3.95. The molecule has 1 N–H and O–H groups in total. The van der Waals surface area contributed by atoms with Gasteiger partial charge >= 0.3 is 5.97 Å². The summed E-state index contributed by atoms with van der Waals surface area (Å²) in [5.41, 5.74) is 1.53. The molecule has 1 saturated heterocycles. The molecule has 1 aromatic heterocycles. The van der Waals surface area contributed by atoms with Crippen LogP contribution in [0.2, 0.25) is 0 Å². The Bertz CT molecular complexity index is 761. The molecule has 0 spiro atoms. The first kappa shape index (κ1) is 15.8. The van der Waals surface area contributed by atoms with Crippen molar-refractivity contribution in [3.05, 3.63) is 45.6 Å². The summed E-state index contributed by atoms with van der Waals surface area (Å²) in [5.74, 6) is 0.524. The van der Waals surface area contributed by atoms with Gasteiger partial charge in [-0.25, -0.2) is 4.79 Å². The van der Waals surface area contributed by atoms with Crippen molar-refractivity contribution in [1.82, 2.24) is 0 Å². The van der Waals surface area contributed by atoms with Crippen LogP contribution in [0.1, 0.15) is 34.5 Å². The highest BCUT2D eigenvalue weighted by Gasteiger charge is 2.19. The van der Waals surface area contributed by atoms with E-state index in [2.05, 4.69) is 25.8 Å². The molecular formula is C17H17BrN2O3. The van der Waals surface area contributed by atoms with Crippen LogP contribution in [0.15, 0.2) is 38.1 Å². The number of benzene rings is 1. The van der Waals surface area contributed by atoms with Crippen LogP contribution in [0.5, 0.6) is 0 Å². The molecular weight excluding hydrogens is 360 g/mol. The third-order valence-corrected chi connectivity index (χ3v) is 4.52. The Morgan fingerprint density at radius 2 is 2.13 bits per heavy atom. The van der Waals surface area contributed by atoms with Gasteiger partial charge in [0, 0.05) is 19.2 Å². The average molecular weight is 377 g/mol. The minimum absolute atomic E-state index is 0.262. The summed E-state index contributed by atoms with van der Waals surface area (Å²) in [7, 11) is 0. The number of halogens is 1. The van der Waals surface area contributed by atoms with Gasteiger partial charge in [0.05, 0.1) is 21.9 Å². The molecule has 5 nitrogen and oxygen atoms in total. The summed E-state index contributed by atoms with van der Waals surface area (Å²) in [6.07, 6.45) is 3.98. The van der Waals surface area contributed by atoms with Crippen LogP contribution in [0, 0.1) is 6.92 Å². The predicted molar refractivity (Wildman–Crippen MR) is 93.2 cm³/mol. The van der Waals surface area contributed by atoms with Crippen LogP contribution in [-0.2, 0) is 0 Å². The summed E-state index contributed by atoms with van der Waals surface area (Å²) >= 11 is 3.52. The Kier molecular flexibility index (Phi) is 4.52. The monoisotopic (exact) mass is 376 g/mol. The maximum atomic E-state index is 11.2. The second kappa shape index (κ2) is 6.58. The highest BCUT2D eigenvalue weighted by Crippen LogP contribution is 2.32. The van der Waals surface area contributed by atoms with Crippen LogP contribution >= 0.6 is 15.9 Å². The van der Waals surface area contributed by atoms with E-state index in [1.165, 1.54) is 12.8 Å². The molecule has 120 valence electrons. The lowest BCUT2D eigenvalue weighted by molar-refractivity contribution is 0.0696. The Morgan fingerprint density at radius 1 is 1.39 bits per heavy atom. The van der Waals surface area contributed by atoms with E-state index in [9.17, 15) is 4.79 Å². The molecule has 3 rings (SSSR count). The third kappa shape index (κ3) is 3.32. The Hall–Kier alpha value is -2.08. The average Bonchev–Trinajstić information content (AvgIpc) is 3.15. The second-order valence-electron chi connectivity index (χ2n) is 5.51. The first-order valence-electron chi connectivity index (χ1n) is 7.47. The molecule has 1 aliphatic heterocycles. The first-order valence-corrected chi connectivity index (χ1v) is 8.27. The van der Waals surface area contributed by atoms with E-state index >= 15 is 0 Å². The Morgan fingerprint density at radius 3 is 2.83 bits per heavy atom. The van der Waals surface area contributed by atoms with E-state index in [1.807, 2.05) is 6.07 Å². The number of anilines is 1. The largest absolute Gasteiger partial charge is 0.478 e. The van der Waals surface area contributed by atoms with Gasteiger partial charge in [-0.1, -0.05) is 6.07 Å². The van der Waals surface area contributed by atoms with Crippen molar-refractivity contribution in [3.63, 3.8) is 0 Å². The summed E-state index contributed by atoms with van der Waals surface area (Å²) in [6, 6.07) is 6.94. The Balaban J connectivity index is 1.85. The smallest absolute Gasteiger partial charge is 0.336 e. The molecule has 0 radical (unpaired) electrons. The predicted octanol–water partition coefficient (Wildman–Crippen LogP) is 4.40. The lowest BCUT2D eigenvalue weighted by Crippen LogP contribution is -2.17. The number of rotatable bonds is 4. The van der Waals surface area contributed by atoms with Gasteiger partial charge in [-0.15, -0.1) is 0 Å². The second-order valence-corrected chi connectivity index (χ2v) is 6.36. The number of carboxylic acids is 1. The number of hydrogen-bond donors (Lipinski definition) is 1. The van der Waals surface area contributed by atoms with Crippen molar-refractivity contribution in [2.24, 2.45) is 4.99 Å². The topological polar surface area (TPSA) is 66.0 Å². The van der Waals surface area contributed by atoms with Gasteiger partial charge in [-0.3, -0.25) is 4.99 Å². The fourth-order valence-electron chi connectivity index (χ4n) is 2.70. The minimum Gasteiger partial charge on any atom is -0.478 e.